The van der Waals surface area contributed by atoms with E-state index in [1.54, 1.807) is 6.92 Å². The molecule has 0 aliphatic heterocycles. The first-order chi connectivity index (χ1) is 8.49. The Balaban J connectivity index is 0.00000137. The highest BCUT2D eigenvalue weighted by atomic mass is 16.1. The van der Waals surface area contributed by atoms with Crippen molar-refractivity contribution in [2.75, 3.05) is 0 Å². The van der Waals surface area contributed by atoms with Gasteiger partial charge < -0.3 is 5.32 Å². The third-order valence-corrected chi connectivity index (χ3v) is 2.47. The summed E-state index contributed by atoms with van der Waals surface area (Å²) in [5, 5.41) is 3.10. The van der Waals surface area contributed by atoms with Crippen molar-refractivity contribution < 1.29 is 4.79 Å². The Morgan fingerprint density at radius 2 is 1.72 bits per heavy atom. The lowest BCUT2D eigenvalue weighted by Crippen LogP contribution is -2.35. The maximum absolute atomic E-state index is 11.4. The van der Waals surface area contributed by atoms with E-state index in [0.717, 1.165) is 5.70 Å². The zero-order valence-corrected chi connectivity index (χ0v) is 12.2. The molecule has 0 amide bonds. The van der Waals surface area contributed by atoms with E-state index in [0.29, 0.717) is 6.42 Å². The standard InChI is InChI=1S/C14H19NO.C2H6/c1-10(2)15-14(12(4)16)9-13-7-5-11(3)6-8-13;1-2/h5-8,14-15H,1,9H2,2-4H3;1-2H3. The molecule has 2 nitrogen and oxygen atoms in total. The molecule has 1 N–H and O–H groups in total. The zero-order valence-electron chi connectivity index (χ0n) is 12.2. The van der Waals surface area contributed by atoms with E-state index in [-0.39, 0.29) is 11.8 Å². The molecule has 0 fully saturated rings. The lowest BCUT2D eigenvalue weighted by atomic mass is 10.0. The maximum Gasteiger partial charge on any atom is 0.152 e. The summed E-state index contributed by atoms with van der Waals surface area (Å²) in [6.45, 7) is 13.3. The molecule has 1 unspecified atom stereocenters. The summed E-state index contributed by atoms with van der Waals surface area (Å²) in [6.07, 6.45) is 0.711. The van der Waals surface area contributed by atoms with E-state index in [9.17, 15) is 4.79 Å². The molecule has 18 heavy (non-hydrogen) atoms. The van der Waals surface area contributed by atoms with Crippen molar-refractivity contribution in [3.8, 4) is 0 Å². The summed E-state index contributed by atoms with van der Waals surface area (Å²) in [5.74, 6) is 0.142. The molecule has 0 aromatic heterocycles. The monoisotopic (exact) mass is 247 g/mol. The summed E-state index contributed by atoms with van der Waals surface area (Å²) in [7, 11) is 0. The van der Waals surface area contributed by atoms with Crippen LogP contribution in [0, 0.1) is 6.92 Å². The number of hydrogen-bond acceptors (Lipinski definition) is 2. The number of benzene rings is 1. The van der Waals surface area contributed by atoms with Gasteiger partial charge in [-0.25, -0.2) is 0 Å². The van der Waals surface area contributed by atoms with Gasteiger partial charge in [-0.3, -0.25) is 4.79 Å². The van der Waals surface area contributed by atoms with Gasteiger partial charge in [0.2, 0.25) is 0 Å². The Hall–Kier alpha value is -1.57. The Morgan fingerprint density at radius 3 is 2.11 bits per heavy atom. The van der Waals surface area contributed by atoms with Crippen LogP contribution in [0.3, 0.4) is 0 Å². The van der Waals surface area contributed by atoms with Crippen molar-refractivity contribution in [1.29, 1.82) is 0 Å². The van der Waals surface area contributed by atoms with Crippen LogP contribution >= 0.6 is 0 Å². The zero-order chi connectivity index (χ0) is 14.1. The van der Waals surface area contributed by atoms with Gasteiger partial charge in [-0.1, -0.05) is 50.3 Å². The molecule has 0 bridgehead atoms. The van der Waals surface area contributed by atoms with Gasteiger partial charge in [-0.2, -0.15) is 0 Å². The number of aryl methyl sites for hydroxylation is 1. The molecule has 0 heterocycles. The number of Topliss-reactive ketones (excluding diaryl/α,β-unsaturated/α-hetero) is 1. The van der Waals surface area contributed by atoms with Crippen molar-refractivity contribution in [2.24, 2.45) is 0 Å². The molecule has 1 rings (SSSR count). The largest absolute Gasteiger partial charge is 0.379 e. The number of carbonyl (C=O) groups is 1. The SMILES string of the molecule is C=C(C)NC(Cc1ccc(C)cc1)C(C)=O.CC. The highest BCUT2D eigenvalue weighted by molar-refractivity contribution is 5.82. The van der Waals surface area contributed by atoms with Gasteiger partial charge in [-0.15, -0.1) is 0 Å². The normalized spacial score (nSPS) is 10.9. The molecule has 0 aliphatic rings. The first-order valence-electron chi connectivity index (χ1n) is 6.47. The second-order valence-corrected chi connectivity index (χ2v) is 4.28. The van der Waals surface area contributed by atoms with Crippen molar-refractivity contribution in [3.63, 3.8) is 0 Å². The summed E-state index contributed by atoms with van der Waals surface area (Å²) < 4.78 is 0. The number of nitrogens with one attached hydrogen (secondary N) is 1. The quantitative estimate of drug-likeness (QED) is 0.860. The van der Waals surface area contributed by atoms with Gasteiger partial charge in [0.15, 0.2) is 5.78 Å². The molecule has 1 aromatic rings. The Kier molecular flexibility index (Phi) is 7.77. The number of rotatable bonds is 5. The van der Waals surface area contributed by atoms with Gasteiger partial charge >= 0.3 is 0 Å². The molecule has 2 heteroatoms. The molecule has 100 valence electrons. The second-order valence-electron chi connectivity index (χ2n) is 4.28. The van der Waals surface area contributed by atoms with Crippen LogP contribution in [0.15, 0.2) is 36.5 Å². The Morgan fingerprint density at radius 1 is 1.22 bits per heavy atom. The Bertz CT molecular complexity index is 379. The highest BCUT2D eigenvalue weighted by Gasteiger charge is 2.13. The van der Waals surface area contributed by atoms with E-state index in [1.165, 1.54) is 11.1 Å². The smallest absolute Gasteiger partial charge is 0.152 e. The summed E-state index contributed by atoms with van der Waals surface area (Å²) >= 11 is 0. The molecule has 0 spiro atoms. The van der Waals surface area contributed by atoms with E-state index in [4.69, 9.17) is 0 Å². The van der Waals surface area contributed by atoms with Crippen LogP contribution < -0.4 is 5.32 Å². The molecule has 0 radical (unpaired) electrons. The predicted octanol–water partition coefficient (Wildman–Crippen LogP) is 3.64. The molecule has 0 saturated heterocycles. The van der Waals surface area contributed by atoms with E-state index in [1.807, 2.05) is 20.8 Å². The molecular formula is C16H25NO. The van der Waals surface area contributed by atoms with Crippen LogP contribution in [0.25, 0.3) is 0 Å². The molecule has 0 aliphatic carbocycles. The maximum atomic E-state index is 11.4. The summed E-state index contributed by atoms with van der Waals surface area (Å²) in [4.78, 5) is 11.4. The van der Waals surface area contributed by atoms with Crippen LogP contribution in [0.5, 0.6) is 0 Å². The fourth-order valence-electron chi connectivity index (χ4n) is 1.55. The van der Waals surface area contributed by atoms with Crippen molar-refractivity contribution in [1.82, 2.24) is 5.32 Å². The number of hydrogen-bond donors (Lipinski definition) is 1. The number of allylic oxidation sites excluding steroid dienone is 1. The topological polar surface area (TPSA) is 29.1 Å². The minimum Gasteiger partial charge on any atom is -0.379 e. The molecule has 1 aromatic carbocycles. The Labute approximate surface area is 111 Å². The first-order valence-corrected chi connectivity index (χ1v) is 6.47. The number of ketones is 1. The highest BCUT2D eigenvalue weighted by Crippen LogP contribution is 2.07. The second kappa shape index (κ2) is 8.51. The molecular weight excluding hydrogens is 222 g/mol. The minimum absolute atomic E-state index is 0.142. The van der Waals surface area contributed by atoms with Gasteiger partial charge in [0.1, 0.15) is 0 Å². The fourth-order valence-corrected chi connectivity index (χ4v) is 1.55. The average Bonchev–Trinajstić information content (AvgIpc) is 2.33. The van der Waals surface area contributed by atoms with E-state index in [2.05, 4.69) is 43.1 Å². The van der Waals surface area contributed by atoms with Crippen molar-refractivity contribution in [2.45, 2.75) is 47.1 Å². The number of carbonyl (C=O) groups excluding carboxylic acids is 1. The third kappa shape index (κ3) is 6.24. The van der Waals surface area contributed by atoms with Crippen LogP contribution in [-0.2, 0) is 11.2 Å². The van der Waals surface area contributed by atoms with Crippen LogP contribution in [0.2, 0.25) is 0 Å². The minimum atomic E-state index is -0.166. The van der Waals surface area contributed by atoms with Gasteiger partial charge in [0.05, 0.1) is 6.04 Å². The fraction of sp³-hybridized carbons (Fsp3) is 0.438. The van der Waals surface area contributed by atoms with E-state index >= 15 is 0 Å². The van der Waals surface area contributed by atoms with Gasteiger partial charge in [-0.05, 0) is 32.8 Å². The first kappa shape index (κ1) is 16.4. The van der Waals surface area contributed by atoms with Gasteiger partial charge in [0.25, 0.3) is 0 Å². The van der Waals surface area contributed by atoms with Gasteiger partial charge in [0, 0.05) is 5.70 Å². The van der Waals surface area contributed by atoms with Crippen LogP contribution in [0.1, 0.15) is 38.8 Å². The van der Waals surface area contributed by atoms with Crippen molar-refractivity contribution in [3.05, 3.63) is 47.7 Å². The summed E-state index contributed by atoms with van der Waals surface area (Å²) in [5.41, 5.74) is 3.22. The predicted molar refractivity (Wildman–Crippen MR) is 78.6 cm³/mol. The average molecular weight is 247 g/mol. The van der Waals surface area contributed by atoms with Crippen molar-refractivity contribution >= 4 is 5.78 Å². The lowest BCUT2D eigenvalue weighted by Gasteiger charge is -2.17. The molecule has 0 saturated carbocycles. The summed E-state index contributed by atoms with van der Waals surface area (Å²) in [6, 6.07) is 8.08. The van der Waals surface area contributed by atoms with Crippen LogP contribution in [-0.4, -0.2) is 11.8 Å². The third-order valence-electron chi connectivity index (χ3n) is 2.47. The molecule has 1 atom stereocenters. The van der Waals surface area contributed by atoms with E-state index < -0.39 is 0 Å². The van der Waals surface area contributed by atoms with Crippen LogP contribution in [0.4, 0.5) is 0 Å². The lowest BCUT2D eigenvalue weighted by molar-refractivity contribution is -0.118.